The molecule has 15 nitrogen and oxygen atoms in total. The van der Waals surface area contributed by atoms with E-state index in [1.54, 1.807) is 14.7 Å². The molecule has 4 heterocycles. The van der Waals surface area contributed by atoms with Crippen LogP contribution in [0.2, 0.25) is 0 Å². The van der Waals surface area contributed by atoms with Crippen molar-refractivity contribution >= 4 is 47.8 Å². The number of fused-ring (bicyclic) bond motifs is 3. The molecule has 3 spiro atoms. The molecule has 9 atom stereocenters. The first kappa shape index (κ1) is 39.3. The second-order valence-electron chi connectivity index (χ2n) is 21.8. The van der Waals surface area contributed by atoms with Gasteiger partial charge in [0.25, 0.3) is 17.7 Å². The summed E-state index contributed by atoms with van der Waals surface area (Å²) < 4.78 is 86.2. The van der Waals surface area contributed by atoms with Gasteiger partial charge in [0.05, 0.1) is 75.0 Å². The van der Waals surface area contributed by atoms with Gasteiger partial charge < -0.3 is 0 Å². The van der Waals surface area contributed by atoms with Crippen molar-refractivity contribution in [3.63, 3.8) is 0 Å². The highest BCUT2D eigenvalue weighted by Gasteiger charge is 2.75. The highest BCUT2D eigenvalue weighted by molar-refractivity contribution is 7.90. The van der Waals surface area contributed by atoms with Gasteiger partial charge in [-0.3, -0.25) is 29.1 Å². The predicted molar refractivity (Wildman–Crippen MR) is 209 cm³/mol. The molecule has 6 bridgehead atoms. The minimum Gasteiger partial charge on any atom is -0.272 e. The Morgan fingerprint density at radius 2 is 0.702 bits per heavy atom. The maximum absolute atomic E-state index is 14.3. The van der Waals surface area contributed by atoms with Crippen LogP contribution in [0.1, 0.15) is 99.3 Å². The van der Waals surface area contributed by atoms with Gasteiger partial charge in [-0.25, -0.2) is 38.2 Å². The summed E-state index contributed by atoms with van der Waals surface area (Å²) >= 11 is 0. The first-order valence-electron chi connectivity index (χ1n) is 21.2. The molecule has 3 amide bonds. The first-order valence-corrected chi connectivity index (χ1v) is 26.0. The van der Waals surface area contributed by atoms with E-state index in [2.05, 4.69) is 41.5 Å². The molecule has 0 N–H and O–H groups in total. The van der Waals surface area contributed by atoms with Gasteiger partial charge in [-0.15, -0.1) is 0 Å². The van der Waals surface area contributed by atoms with Crippen molar-refractivity contribution in [3.8, 4) is 0 Å². The first-order chi connectivity index (χ1) is 26.3. The lowest BCUT2D eigenvalue weighted by Crippen LogP contribution is -2.61. The Morgan fingerprint density at radius 3 is 0.930 bits per heavy atom. The third-order valence-electron chi connectivity index (χ3n) is 19.2. The number of hydrogen-bond donors (Lipinski definition) is 0. The molecule has 0 aromatic carbocycles. The van der Waals surface area contributed by atoms with Crippen molar-refractivity contribution in [2.45, 2.75) is 117 Å². The van der Waals surface area contributed by atoms with Gasteiger partial charge >= 0.3 is 0 Å². The fourth-order valence-electron chi connectivity index (χ4n) is 15.9. The molecular formula is C39H60N6O9S3. The minimum atomic E-state index is -3.90. The standard InChI is InChI=1S/C39H60N6O9S3/c1-34(2)25-7-10-37(34)19-55(49,50)43(28(37)13-25)31(46)16-40-22-41(17-32(47)44-29-14-26-8-11-38(29,35(26,3)4)20-56(44,51)52)24-42(23-40)18-33(48)45-30-15-27-9-12-39(30,36(27,5)6)21-57(45,53)54/h25-30H,7-24H2,1-6H3. The SMILES string of the molecule is CC1(C)C2CCC13CS(=O)(=O)N(C(=O)CN1CN(CC(=O)N4C5CC6CCC5(CS4(=O)=O)C6(C)C)CN(CC(=O)N4C5CC6CCC5(CS4(=O)=O)C6(C)C)C1)C3C2. The Morgan fingerprint density at radius 1 is 0.456 bits per heavy atom. The monoisotopic (exact) mass is 852 g/mol. The highest BCUT2D eigenvalue weighted by Crippen LogP contribution is 2.72. The average Bonchev–Trinajstić information content (AvgIpc) is 3.89. The maximum Gasteiger partial charge on any atom is 0.250 e. The zero-order valence-corrected chi connectivity index (χ0v) is 36.7. The van der Waals surface area contributed by atoms with E-state index in [9.17, 15) is 39.6 Å². The molecule has 57 heavy (non-hydrogen) atoms. The number of sulfonamides is 3. The molecule has 10 aliphatic rings. The normalized spacial score (nSPS) is 44.8. The second kappa shape index (κ2) is 11.5. The zero-order valence-electron chi connectivity index (χ0n) is 34.3. The third-order valence-corrected chi connectivity index (χ3v) is 25.1. The van der Waals surface area contributed by atoms with Crippen molar-refractivity contribution in [3.05, 3.63) is 0 Å². The van der Waals surface area contributed by atoms with Gasteiger partial charge in [-0.1, -0.05) is 41.5 Å². The minimum absolute atomic E-state index is 0.0570. The second-order valence-corrected chi connectivity index (χ2v) is 27.4. The summed E-state index contributed by atoms with van der Waals surface area (Å²) in [5, 5.41) is 0. The molecule has 6 saturated carbocycles. The zero-order chi connectivity index (χ0) is 40.9. The van der Waals surface area contributed by atoms with Crippen LogP contribution in [0.3, 0.4) is 0 Å². The molecular weight excluding hydrogens is 793 g/mol. The topological polar surface area (TPSA) is 173 Å². The maximum atomic E-state index is 14.3. The summed E-state index contributed by atoms with van der Waals surface area (Å²) in [5.41, 5.74) is -2.14. The number of rotatable bonds is 6. The lowest BCUT2D eigenvalue weighted by atomic mass is 9.69. The van der Waals surface area contributed by atoms with Crippen molar-refractivity contribution in [1.82, 2.24) is 27.6 Å². The molecule has 0 radical (unpaired) electrons. The number of nitrogens with zero attached hydrogens (tertiary/aromatic N) is 6. The van der Waals surface area contributed by atoms with E-state index in [0.717, 1.165) is 51.4 Å². The van der Waals surface area contributed by atoms with Gasteiger partial charge in [0, 0.05) is 16.2 Å². The van der Waals surface area contributed by atoms with Gasteiger partial charge in [-0.05, 0) is 91.8 Å². The van der Waals surface area contributed by atoms with Crippen LogP contribution in [0.15, 0.2) is 0 Å². The lowest BCUT2D eigenvalue weighted by Gasteiger charge is -2.43. The van der Waals surface area contributed by atoms with Gasteiger partial charge in [0.1, 0.15) is 0 Å². The molecule has 318 valence electrons. The van der Waals surface area contributed by atoms with E-state index in [0.29, 0.717) is 37.0 Å². The van der Waals surface area contributed by atoms with Crippen LogP contribution < -0.4 is 0 Å². The Labute approximate surface area is 338 Å². The number of carbonyl (C=O) groups excluding carboxylic acids is 3. The van der Waals surface area contributed by atoms with Crippen LogP contribution in [0.25, 0.3) is 0 Å². The number of amides is 3. The highest BCUT2D eigenvalue weighted by atomic mass is 32.2. The summed E-state index contributed by atoms with van der Waals surface area (Å²) in [6.45, 7) is 12.1. The summed E-state index contributed by atoms with van der Waals surface area (Å²) in [4.78, 5) is 47.9. The Balaban J connectivity index is 0.914. The number of hydrogen-bond acceptors (Lipinski definition) is 12. The molecule has 10 rings (SSSR count). The third kappa shape index (κ3) is 4.80. The van der Waals surface area contributed by atoms with Crippen LogP contribution >= 0.6 is 0 Å². The van der Waals surface area contributed by atoms with Crippen LogP contribution in [-0.2, 0) is 44.5 Å². The molecule has 10 fully saturated rings. The predicted octanol–water partition coefficient (Wildman–Crippen LogP) is 1.88. The molecule has 6 aliphatic carbocycles. The Hall–Kier alpha value is -1.86. The fourth-order valence-corrected chi connectivity index (χ4v) is 23.5. The van der Waals surface area contributed by atoms with Gasteiger partial charge in [0.2, 0.25) is 30.1 Å². The van der Waals surface area contributed by atoms with Crippen molar-refractivity contribution < 1.29 is 39.6 Å². The molecule has 0 aromatic heterocycles. The van der Waals surface area contributed by atoms with E-state index in [1.807, 2.05) is 0 Å². The molecule has 0 aromatic rings. The van der Waals surface area contributed by atoms with E-state index in [1.165, 1.54) is 0 Å². The molecule has 4 saturated heterocycles. The lowest BCUT2D eigenvalue weighted by molar-refractivity contribution is -0.139. The van der Waals surface area contributed by atoms with E-state index < -0.39 is 82.2 Å². The smallest absolute Gasteiger partial charge is 0.250 e. The van der Waals surface area contributed by atoms with E-state index >= 15 is 0 Å². The Bertz CT molecular complexity index is 1950. The van der Waals surface area contributed by atoms with Crippen molar-refractivity contribution in [2.24, 2.45) is 50.2 Å². The summed E-state index contributed by atoms with van der Waals surface area (Å²) in [6.07, 6.45) is 7.00. The van der Waals surface area contributed by atoms with Crippen LogP contribution in [0.4, 0.5) is 0 Å². The Kier molecular flexibility index (Phi) is 7.95. The van der Waals surface area contributed by atoms with Crippen molar-refractivity contribution in [2.75, 3.05) is 56.9 Å². The quantitative estimate of drug-likeness (QED) is 0.381. The molecule has 9 unspecified atom stereocenters. The fraction of sp³-hybridized carbons (Fsp3) is 0.923. The van der Waals surface area contributed by atoms with Crippen molar-refractivity contribution in [1.29, 1.82) is 0 Å². The van der Waals surface area contributed by atoms with E-state index in [-0.39, 0.29) is 73.1 Å². The van der Waals surface area contributed by atoms with Crippen LogP contribution in [0.5, 0.6) is 0 Å². The average molecular weight is 853 g/mol. The van der Waals surface area contributed by atoms with E-state index in [4.69, 9.17) is 0 Å². The largest absolute Gasteiger partial charge is 0.272 e. The molecule has 18 heteroatoms. The summed E-state index contributed by atoms with van der Waals surface area (Å²) in [6, 6.07) is -1.25. The number of carbonyl (C=O) groups is 3. The van der Waals surface area contributed by atoms with Crippen LogP contribution in [-0.4, -0.2) is 146 Å². The van der Waals surface area contributed by atoms with Gasteiger partial charge in [0.15, 0.2) is 0 Å². The van der Waals surface area contributed by atoms with Gasteiger partial charge in [-0.2, -0.15) is 0 Å². The molecule has 4 aliphatic heterocycles. The summed E-state index contributed by atoms with van der Waals surface area (Å²) in [7, 11) is -11.7. The van der Waals surface area contributed by atoms with Crippen LogP contribution in [0, 0.1) is 50.2 Å². The summed E-state index contributed by atoms with van der Waals surface area (Å²) in [5.74, 6) is -0.856.